The van der Waals surface area contributed by atoms with Crippen LogP contribution in [0.2, 0.25) is 5.15 Å². The predicted molar refractivity (Wildman–Crippen MR) is 66.4 cm³/mol. The second-order valence-corrected chi connectivity index (χ2v) is 4.33. The van der Waals surface area contributed by atoms with Gasteiger partial charge in [-0.05, 0) is 12.1 Å². The van der Waals surface area contributed by atoms with Gasteiger partial charge in [0, 0.05) is 12.3 Å². The number of nitrogens with one attached hydrogen (secondary N) is 1. The molecular formula is C12H5ClF5N3O. The first kappa shape index (κ1) is 16.1. The summed E-state index contributed by atoms with van der Waals surface area (Å²) in [7, 11) is 0. The third-order valence-electron chi connectivity index (χ3n) is 2.42. The van der Waals surface area contributed by atoms with Crippen LogP contribution in [0.5, 0.6) is 0 Å². The molecule has 0 saturated heterocycles. The molecule has 0 aliphatic rings. The van der Waals surface area contributed by atoms with E-state index in [-0.39, 0.29) is 5.69 Å². The number of aromatic nitrogens is 2. The summed E-state index contributed by atoms with van der Waals surface area (Å²) in [5.41, 5.74) is -0.860. The second kappa shape index (κ2) is 5.84. The lowest BCUT2D eigenvalue weighted by Gasteiger charge is -2.09. The molecule has 0 unspecified atom stereocenters. The Morgan fingerprint density at radius 1 is 1.23 bits per heavy atom. The van der Waals surface area contributed by atoms with Gasteiger partial charge in [-0.3, -0.25) is 4.79 Å². The van der Waals surface area contributed by atoms with Gasteiger partial charge in [0.05, 0.1) is 11.3 Å². The first-order chi connectivity index (χ1) is 10.2. The quantitative estimate of drug-likeness (QED) is 0.672. The number of benzene rings is 1. The van der Waals surface area contributed by atoms with Crippen LogP contribution in [0, 0.1) is 11.6 Å². The van der Waals surface area contributed by atoms with Gasteiger partial charge in [0.15, 0.2) is 0 Å². The third kappa shape index (κ3) is 3.48. The standard InChI is InChI=1S/C12H5ClF5N3O/c13-9-6(4-19-11(21-9)12(16,17)18)10(22)20-8-2-1-5(14)3-7(8)15/h1-4H,(H,20,22). The van der Waals surface area contributed by atoms with E-state index in [1.807, 2.05) is 5.32 Å². The van der Waals surface area contributed by atoms with Gasteiger partial charge in [-0.2, -0.15) is 13.2 Å². The Hall–Kier alpha value is -2.29. The van der Waals surface area contributed by atoms with Crippen LogP contribution < -0.4 is 5.32 Å². The van der Waals surface area contributed by atoms with E-state index in [2.05, 4.69) is 9.97 Å². The topological polar surface area (TPSA) is 54.9 Å². The molecule has 0 aliphatic heterocycles. The zero-order valence-corrected chi connectivity index (χ0v) is 11.1. The molecule has 0 bridgehead atoms. The number of hydrogen-bond acceptors (Lipinski definition) is 3. The van der Waals surface area contributed by atoms with Gasteiger partial charge in [-0.25, -0.2) is 18.7 Å². The van der Waals surface area contributed by atoms with Crippen molar-refractivity contribution in [3.8, 4) is 0 Å². The predicted octanol–water partition coefficient (Wildman–Crippen LogP) is 3.68. The van der Waals surface area contributed by atoms with E-state index in [1.165, 1.54) is 0 Å². The van der Waals surface area contributed by atoms with Crippen molar-refractivity contribution >= 4 is 23.2 Å². The fraction of sp³-hybridized carbons (Fsp3) is 0.0833. The summed E-state index contributed by atoms with van der Waals surface area (Å²) in [6.45, 7) is 0. The van der Waals surface area contributed by atoms with Crippen molar-refractivity contribution in [1.29, 1.82) is 0 Å². The number of halogens is 6. The number of nitrogens with zero attached hydrogens (tertiary/aromatic N) is 2. The highest BCUT2D eigenvalue weighted by atomic mass is 35.5. The minimum Gasteiger partial charge on any atom is -0.319 e. The van der Waals surface area contributed by atoms with Crippen LogP contribution in [0.1, 0.15) is 16.2 Å². The van der Waals surface area contributed by atoms with Crippen LogP contribution >= 0.6 is 11.6 Å². The van der Waals surface area contributed by atoms with Crippen LogP contribution in [0.4, 0.5) is 27.6 Å². The van der Waals surface area contributed by atoms with Crippen molar-refractivity contribution in [3.63, 3.8) is 0 Å². The first-order valence-corrected chi connectivity index (χ1v) is 5.92. The van der Waals surface area contributed by atoms with Gasteiger partial charge in [0.2, 0.25) is 5.82 Å². The van der Waals surface area contributed by atoms with Crippen LogP contribution in [0.25, 0.3) is 0 Å². The Morgan fingerprint density at radius 3 is 2.45 bits per heavy atom. The molecule has 0 fully saturated rings. The monoisotopic (exact) mass is 337 g/mol. The molecule has 0 radical (unpaired) electrons. The Kier molecular flexibility index (Phi) is 4.27. The normalized spacial score (nSPS) is 11.4. The molecule has 1 amide bonds. The SMILES string of the molecule is O=C(Nc1ccc(F)cc1F)c1cnc(C(F)(F)F)nc1Cl. The molecule has 0 aliphatic carbocycles. The largest absolute Gasteiger partial charge is 0.451 e. The van der Waals surface area contributed by atoms with Crippen LogP contribution in [0.3, 0.4) is 0 Å². The molecule has 22 heavy (non-hydrogen) atoms. The summed E-state index contributed by atoms with van der Waals surface area (Å²) in [5, 5.41) is 1.28. The fourth-order valence-electron chi connectivity index (χ4n) is 1.43. The lowest BCUT2D eigenvalue weighted by atomic mass is 10.2. The number of hydrogen-bond donors (Lipinski definition) is 1. The number of carbonyl (C=O) groups is 1. The summed E-state index contributed by atoms with van der Waals surface area (Å²) in [6.07, 6.45) is -4.25. The van der Waals surface area contributed by atoms with E-state index in [9.17, 15) is 26.7 Å². The number of amides is 1. The van der Waals surface area contributed by atoms with Gasteiger partial charge >= 0.3 is 6.18 Å². The first-order valence-electron chi connectivity index (χ1n) is 5.54. The van der Waals surface area contributed by atoms with E-state index in [0.717, 1.165) is 12.1 Å². The molecule has 1 aromatic carbocycles. The lowest BCUT2D eigenvalue weighted by Crippen LogP contribution is -2.17. The van der Waals surface area contributed by atoms with E-state index in [1.54, 1.807) is 0 Å². The average molecular weight is 338 g/mol. The molecule has 4 nitrogen and oxygen atoms in total. The van der Waals surface area contributed by atoms with Crippen LogP contribution in [0.15, 0.2) is 24.4 Å². The van der Waals surface area contributed by atoms with Gasteiger partial charge in [-0.15, -0.1) is 0 Å². The number of anilines is 1. The average Bonchev–Trinajstić information content (AvgIpc) is 2.40. The smallest absolute Gasteiger partial charge is 0.319 e. The molecule has 0 atom stereocenters. The van der Waals surface area contributed by atoms with E-state index >= 15 is 0 Å². The van der Waals surface area contributed by atoms with Crippen LogP contribution in [-0.2, 0) is 6.18 Å². The summed E-state index contributed by atoms with van der Waals surface area (Å²) >= 11 is 5.50. The Balaban J connectivity index is 2.26. The lowest BCUT2D eigenvalue weighted by molar-refractivity contribution is -0.145. The van der Waals surface area contributed by atoms with Gasteiger partial charge < -0.3 is 5.32 Å². The van der Waals surface area contributed by atoms with E-state index in [4.69, 9.17) is 11.6 Å². The Labute approximate surface area is 125 Å². The molecule has 1 aromatic heterocycles. The van der Waals surface area contributed by atoms with Gasteiger partial charge in [0.1, 0.15) is 16.8 Å². The summed E-state index contributed by atoms with van der Waals surface area (Å²) in [5.74, 6) is -4.46. The summed E-state index contributed by atoms with van der Waals surface area (Å²) in [4.78, 5) is 17.7. The maximum absolute atomic E-state index is 13.4. The maximum atomic E-state index is 13.4. The molecule has 0 spiro atoms. The van der Waals surface area contributed by atoms with Gasteiger partial charge in [-0.1, -0.05) is 11.6 Å². The minimum absolute atomic E-state index is 0.373. The third-order valence-corrected chi connectivity index (χ3v) is 2.71. The van der Waals surface area contributed by atoms with Crippen molar-refractivity contribution in [2.75, 3.05) is 5.32 Å². The molecular weight excluding hydrogens is 333 g/mol. The molecule has 2 rings (SSSR count). The molecule has 1 heterocycles. The van der Waals surface area contributed by atoms with E-state index in [0.29, 0.717) is 12.3 Å². The van der Waals surface area contributed by atoms with Crippen LogP contribution in [-0.4, -0.2) is 15.9 Å². The van der Waals surface area contributed by atoms with Crippen molar-refractivity contribution in [3.05, 3.63) is 52.6 Å². The summed E-state index contributed by atoms with van der Waals surface area (Å²) in [6, 6.07) is 2.37. The molecule has 10 heteroatoms. The molecule has 2 aromatic rings. The van der Waals surface area contributed by atoms with Crippen molar-refractivity contribution < 1.29 is 26.7 Å². The molecule has 1 N–H and O–H groups in total. The number of rotatable bonds is 2. The highest BCUT2D eigenvalue weighted by Crippen LogP contribution is 2.27. The highest BCUT2D eigenvalue weighted by molar-refractivity contribution is 6.33. The molecule has 116 valence electrons. The van der Waals surface area contributed by atoms with Gasteiger partial charge in [0.25, 0.3) is 5.91 Å². The number of carbonyl (C=O) groups excluding carboxylic acids is 1. The maximum Gasteiger partial charge on any atom is 0.451 e. The highest BCUT2D eigenvalue weighted by Gasteiger charge is 2.35. The van der Waals surface area contributed by atoms with Crippen molar-refractivity contribution in [1.82, 2.24) is 9.97 Å². The Bertz CT molecular complexity index is 735. The second-order valence-electron chi connectivity index (χ2n) is 3.97. The zero-order valence-electron chi connectivity index (χ0n) is 10.4. The molecule has 0 saturated carbocycles. The van der Waals surface area contributed by atoms with E-state index < -0.39 is 40.3 Å². The number of alkyl halides is 3. The zero-order chi connectivity index (χ0) is 16.5. The van der Waals surface area contributed by atoms with Crippen molar-refractivity contribution in [2.45, 2.75) is 6.18 Å². The Morgan fingerprint density at radius 2 is 1.91 bits per heavy atom. The van der Waals surface area contributed by atoms with Crippen molar-refractivity contribution in [2.24, 2.45) is 0 Å². The summed E-state index contributed by atoms with van der Waals surface area (Å²) < 4.78 is 63.2. The minimum atomic E-state index is -4.82. The fourth-order valence-corrected chi connectivity index (χ4v) is 1.65.